The molecule has 2 atom stereocenters. The highest BCUT2D eigenvalue weighted by atomic mass is 32.2. The van der Waals surface area contributed by atoms with Crippen molar-refractivity contribution in [2.75, 3.05) is 49.3 Å². The molecule has 1 aromatic heterocycles. The van der Waals surface area contributed by atoms with Crippen molar-refractivity contribution in [2.45, 2.75) is 36.0 Å². The number of benzene rings is 2. The smallest absolute Gasteiger partial charge is 0.414 e. The first kappa shape index (κ1) is 25.7. The summed E-state index contributed by atoms with van der Waals surface area (Å²) in [6.07, 6.45) is 0.481. The summed E-state index contributed by atoms with van der Waals surface area (Å²) in [4.78, 5) is 41.8. The number of ether oxygens (including phenoxy) is 2. The van der Waals surface area contributed by atoms with E-state index in [1.807, 2.05) is 36.4 Å². The third-order valence-corrected chi connectivity index (χ3v) is 8.69. The maximum atomic E-state index is 12.7. The van der Waals surface area contributed by atoms with E-state index >= 15 is 0 Å². The number of methoxy groups -OCH3 is 1. The van der Waals surface area contributed by atoms with Gasteiger partial charge in [0.05, 0.1) is 42.8 Å². The average molecular weight is 551 g/mol. The first-order chi connectivity index (χ1) is 18.8. The van der Waals surface area contributed by atoms with Crippen molar-refractivity contribution in [3.05, 3.63) is 58.9 Å². The van der Waals surface area contributed by atoms with Crippen molar-refractivity contribution < 1.29 is 24.2 Å². The van der Waals surface area contributed by atoms with Gasteiger partial charge in [0.2, 0.25) is 5.91 Å². The number of amides is 2. The number of anilines is 2. The number of aromatic nitrogens is 1. The van der Waals surface area contributed by atoms with E-state index in [1.165, 1.54) is 17.8 Å². The number of cyclic esters (lactones) is 1. The van der Waals surface area contributed by atoms with E-state index < -0.39 is 11.7 Å². The molecule has 0 saturated carbocycles. The number of carbonyl (C=O) groups excluding carboxylic acids is 2. The minimum atomic E-state index is -1.05. The highest BCUT2D eigenvalue weighted by Crippen LogP contribution is 2.36. The van der Waals surface area contributed by atoms with Crippen LogP contribution < -0.4 is 20.5 Å². The number of fused-ring (bicyclic) bond motifs is 2. The van der Waals surface area contributed by atoms with Crippen LogP contribution in [0.5, 0.6) is 5.75 Å². The summed E-state index contributed by atoms with van der Waals surface area (Å²) in [5, 5.41) is 15.2. The third-order valence-electron chi connectivity index (χ3n) is 7.61. The van der Waals surface area contributed by atoms with E-state index in [9.17, 15) is 19.5 Å². The van der Waals surface area contributed by atoms with E-state index in [0.717, 1.165) is 15.8 Å². The molecule has 3 aromatic rings. The Labute approximate surface area is 229 Å². The SMILES string of the molecule is COc1ccc2ccc(=O)n(C[C@@]3(O)CCN(CC[C@H]4CN(c5ccc6c(c5)NC(=O)CS6)C(=O)O4)C3)c2c1. The molecule has 10 nitrogen and oxygen atoms in total. The number of thioether (sulfide) groups is 1. The molecule has 0 unspecified atom stereocenters. The number of pyridine rings is 1. The number of hydrogen-bond acceptors (Lipinski definition) is 8. The van der Waals surface area contributed by atoms with Crippen LogP contribution >= 0.6 is 11.8 Å². The Morgan fingerprint density at radius 2 is 2.00 bits per heavy atom. The lowest BCUT2D eigenvalue weighted by atomic mass is 10.0. The number of likely N-dealkylation sites (tertiary alicyclic amines) is 1. The summed E-state index contributed by atoms with van der Waals surface area (Å²) < 4.78 is 12.6. The van der Waals surface area contributed by atoms with Crippen molar-refractivity contribution in [1.82, 2.24) is 9.47 Å². The van der Waals surface area contributed by atoms with Crippen molar-refractivity contribution in [3.8, 4) is 5.75 Å². The fourth-order valence-electron chi connectivity index (χ4n) is 5.56. The van der Waals surface area contributed by atoms with Gasteiger partial charge in [0.25, 0.3) is 5.56 Å². The lowest BCUT2D eigenvalue weighted by molar-refractivity contribution is -0.113. The predicted octanol–water partition coefficient (Wildman–Crippen LogP) is 2.91. The van der Waals surface area contributed by atoms with Crippen LogP contribution in [0.25, 0.3) is 10.9 Å². The number of carbonyl (C=O) groups is 2. The summed E-state index contributed by atoms with van der Waals surface area (Å²) in [6.45, 7) is 2.37. The van der Waals surface area contributed by atoms with E-state index in [-0.39, 0.29) is 24.1 Å². The van der Waals surface area contributed by atoms with E-state index in [2.05, 4.69) is 10.2 Å². The van der Waals surface area contributed by atoms with Gasteiger partial charge in [0.1, 0.15) is 11.9 Å². The van der Waals surface area contributed by atoms with Crippen LogP contribution in [0.1, 0.15) is 12.8 Å². The molecule has 39 heavy (non-hydrogen) atoms. The van der Waals surface area contributed by atoms with Gasteiger partial charge in [-0.15, -0.1) is 11.8 Å². The van der Waals surface area contributed by atoms with E-state index in [4.69, 9.17) is 9.47 Å². The molecule has 204 valence electrons. The Hall–Kier alpha value is -3.54. The minimum absolute atomic E-state index is 0.0536. The van der Waals surface area contributed by atoms with Gasteiger partial charge >= 0.3 is 6.09 Å². The van der Waals surface area contributed by atoms with Crippen LogP contribution in [0, 0.1) is 0 Å². The molecule has 2 aromatic carbocycles. The van der Waals surface area contributed by atoms with Gasteiger partial charge in [-0.2, -0.15) is 0 Å². The molecule has 3 aliphatic heterocycles. The van der Waals surface area contributed by atoms with Crippen LogP contribution in [0.15, 0.2) is 58.2 Å². The summed E-state index contributed by atoms with van der Waals surface area (Å²) in [7, 11) is 1.58. The van der Waals surface area contributed by atoms with Gasteiger partial charge in [-0.3, -0.25) is 14.5 Å². The molecule has 0 aliphatic carbocycles. The number of aliphatic hydroxyl groups is 1. The van der Waals surface area contributed by atoms with Crippen LogP contribution in [-0.4, -0.2) is 77.3 Å². The topological polar surface area (TPSA) is 113 Å². The molecule has 2 fully saturated rings. The van der Waals surface area contributed by atoms with Gasteiger partial charge in [0.15, 0.2) is 0 Å². The Morgan fingerprint density at radius 3 is 2.85 bits per heavy atom. The third kappa shape index (κ3) is 5.21. The van der Waals surface area contributed by atoms with Crippen LogP contribution in [-0.2, 0) is 16.1 Å². The van der Waals surface area contributed by atoms with Crippen molar-refractivity contribution in [3.63, 3.8) is 0 Å². The number of nitrogens with one attached hydrogen (secondary N) is 1. The van der Waals surface area contributed by atoms with Gasteiger partial charge in [0, 0.05) is 42.3 Å². The molecular formula is C28H30N4O6S. The minimum Gasteiger partial charge on any atom is -0.497 e. The number of nitrogens with zero attached hydrogens (tertiary/aromatic N) is 3. The zero-order chi connectivity index (χ0) is 27.1. The molecule has 3 aliphatic rings. The second kappa shape index (κ2) is 10.2. The molecule has 2 amide bonds. The fraction of sp³-hybridized carbons (Fsp3) is 0.393. The van der Waals surface area contributed by atoms with Gasteiger partial charge in [-0.05, 0) is 54.6 Å². The standard InChI is InChI=1S/C28H30N4O6S/c1-37-20-5-2-18-3-7-26(34)32(23(18)13-20)17-28(36)9-11-30(16-28)10-8-21-14-31(27(35)38-21)19-4-6-24-22(12-19)29-25(33)15-39-24/h2-7,12-13,21,36H,8-11,14-17H2,1H3,(H,29,33)/t21-,28+/m0/s1. The van der Waals surface area contributed by atoms with Gasteiger partial charge in [-0.1, -0.05) is 0 Å². The molecule has 2 N–H and O–H groups in total. The molecule has 6 rings (SSSR count). The van der Waals surface area contributed by atoms with E-state index in [1.54, 1.807) is 22.6 Å². The fourth-order valence-corrected chi connectivity index (χ4v) is 6.35. The molecular weight excluding hydrogens is 520 g/mol. The van der Waals surface area contributed by atoms with Gasteiger partial charge < -0.3 is 29.4 Å². The van der Waals surface area contributed by atoms with Crippen molar-refractivity contribution in [1.29, 1.82) is 0 Å². The van der Waals surface area contributed by atoms with Crippen molar-refractivity contribution >= 4 is 46.0 Å². The molecule has 4 heterocycles. The molecule has 0 spiro atoms. The summed E-state index contributed by atoms with van der Waals surface area (Å²) in [5.74, 6) is 0.988. The monoisotopic (exact) mass is 550 g/mol. The second-order valence-electron chi connectivity index (χ2n) is 10.4. The first-order valence-electron chi connectivity index (χ1n) is 13.0. The molecule has 0 bridgehead atoms. The highest BCUT2D eigenvalue weighted by Gasteiger charge is 2.38. The lowest BCUT2D eigenvalue weighted by Crippen LogP contribution is -2.41. The number of hydrogen-bond donors (Lipinski definition) is 2. The number of β-amino-alcohol motifs (C(OH)–C–C–N with tert-alkyl or cyclic N) is 1. The normalized spacial score (nSPS) is 23.1. The molecule has 0 radical (unpaired) electrons. The van der Waals surface area contributed by atoms with Crippen LogP contribution in [0.4, 0.5) is 16.2 Å². The summed E-state index contributed by atoms with van der Waals surface area (Å²) in [5.41, 5.74) is 0.917. The number of rotatable bonds is 7. The van der Waals surface area contributed by atoms with Gasteiger partial charge in [-0.25, -0.2) is 4.79 Å². The lowest BCUT2D eigenvalue weighted by Gasteiger charge is -2.25. The maximum absolute atomic E-state index is 12.7. The second-order valence-corrected chi connectivity index (χ2v) is 11.4. The first-order valence-corrected chi connectivity index (χ1v) is 14.0. The quantitative estimate of drug-likeness (QED) is 0.462. The summed E-state index contributed by atoms with van der Waals surface area (Å²) >= 11 is 1.48. The highest BCUT2D eigenvalue weighted by molar-refractivity contribution is 8.00. The van der Waals surface area contributed by atoms with Crippen LogP contribution in [0.2, 0.25) is 0 Å². The maximum Gasteiger partial charge on any atom is 0.414 e. The van der Waals surface area contributed by atoms with Crippen LogP contribution in [0.3, 0.4) is 0 Å². The zero-order valence-electron chi connectivity index (χ0n) is 21.6. The molecule has 11 heteroatoms. The predicted molar refractivity (Wildman–Crippen MR) is 149 cm³/mol. The van der Waals surface area contributed by atoms with E-state index in [0.29, 0.717) is 61.9 Å². The zero-order valence-corrected chi connectivity index (χ0v) is 22.4. The Balaban J connectivity index is 1.08. The largest absolute Gasteiger partial charge is 0.497 e. The van der Waals surface area contributed by atoms with Crippen molar-refractivity contribution in [2.24, 2.45) is 0 Å². The molecule has 2 saturated heterocycles. The Bertz CT molecular complexity index is 1510. The Morgan fingerprint density at radius 1 is 1.15 bits per heavy atom. The summed E-state index contributed by atoms with van der Waals surface area (Å²) in [6, 6.07) is 14.5. The Kier molecular flexibility index (Phi) is 6.74. The average Bonchev–Trinajstić information content (AvgIpc) is 3.50.